The number of alkyl halides is 3. The van der Waals surface area contributed by atoms with Gasteiger partial charge in [0.2, 0.25) is 5.91 Å². The molecule has 0 aliphatic rings. The van der Waals surface area contributed by atoms with Gasteiger partial charge in [0.1, 0.15) is 0 Å². The predicted molar refractivity (Wildman–Crippen MR) is 77.1 cm³/mol. The van der Waals surface area contributed by atoms with E-state index in [1.165, 1.54) is 13.0 Å². The largest absolute Gasteiger partial charge is 0.419 e. The Balaban J connectivity index is 2.84. The molecule has 2 aromatic rings. The third-order valence-corrected chi connectivity index (χ3v) is 3.32. The zero-order chi connectivity index (χ0) is 16.7. The summed E-state index contributed by atoms with van der Waals surface area (Å²) < 4.78 is 39.0. The lowest BCUT2D eigenvalue weighted by molar-refractivity contribution is -0.137. The first-order valence-electron chi connectivity index (χ1n) is 6.36. The minimum Gasteiger partial charge on any atom is -0.398 e. The second-order valence-corrected chi connectivity index (χ2v) is 4.96. The molecule has 2 rings (SSSR count). The maximum Gasteiger partial charge on any atom is 0.419 e. The fourth-order valence-electron chi connectivity index (χ4n) is 2.27. The molecule has 0 bridgehead atoms. The molecular formula is C15H14F3N3O. The van der Waals surface area contributed by atoms with Crippen LogP contribution in [0.3, 0.4) is 0 Å². The standard InChI is InChI=1S/C15H14F3N3O/c1-7-3-4-9(14(20)22)10(5-7)12-8(2)21-6-11(13(12)19)15(16,17)18/h3-6H,1-2H3,(H2,19,21)(H2,20,22). The van der Waals surface area contributed by atoms with Crippen LogP contribution in [0.25, 0.3) is 11.1 Å². The van der Waals surface area contributed by atoms with Gasteiger partial charge in [0, 0.05) is 23.0 Å². The number of anilines is 1. The molecule has 116 valence electrons. The Labute approximate surface area is 125 Å². The van der Waals surface area contributed by atoms with Crippen LogP contribution in [-0.4, -0.2) is 10.9 Å². The molecular weight excluding hydrogens is 295 g/mol. The lowest BCUT2D eigenvalue weighted by atomic mass is 9.93. The van der Waals surface area contributed by atoms with E-state index in [1.54, 1.807) is 19.1 Å². The highest BCUT2D eigenvalue weighted by Crippen LogP contribution is 2.40. The number of halogens is 3. The van der Waals surface area contributed by atoms with E-state index in [2.05, 4.69) is 4.98 Å². The van der Waals surface area contributed by atoms with Gasteiger partial charge in [-0.05, 0) is 25.5 Å². The number of hydrogen-bond donors (Lipinski definition) is 2. The molecule has 0 fully saturated rings. The summed E-state index contributed by atoms with van der Waals surface area (Å²) in [5.41, 5.74) is 11.0. The molecule has 1 amide bonds. The fraction of sp³-hybridized carbons (Fsp3) is 0.200. The van der Waals surface area contributed by atoms with Crippen LogP contribution < -0.4 is 11.5 Å². The maximum atomic E-state index is 13.0. The molecule has 0 aliphatic carbocycles. The van der Waals surface area contributed by atoms with Gasteiger partial charge in [-0.2, -0.15) is 13.2 Å². The number of rotatable bonds is 2. The Hall–Kier alpha value is -2.57. The highest BCUT2D eigenvalue weighted by atomic mass is 19.4. The van der Waals surface area contributed by atoms with Crippen molar-refractivity contribution < 1.29 is 18.0 Å². The summed E-state index contributed by atoms with van der Waals surface area (Å²) >= 11 is 0. The number of nitrogens with zero attached hydrogens (tertiary/aromatic N) is 1. The summed E-state index contributed by atoms with van der Waals surface area (Å²) in [4.78, 5) is 15.3. The topological polar surface area (TPSA) is 82.0 Å². The Kier molecular flexibility index (Phi) is 3.83. The third kappa shape index (κ3) is 2.74. The number of pyridine rings is 1. The van der Waals surface area contributed by atoms with Crippen LogP contribution in [0.5, 0.6) is 0 Å². The molecule has 0 saturated heterocycles. The average molecular weight is 309 g/mol. The molecule has 22 heavy (non-hydrogen) atoms. The number of aryl methyl sites for hydroxylation is 2. The lowest BCUT2D eigenvalue weighted by Crippen LogP contribution is -2.15. The molecule has 0 atom stereocenters. The minimum absolute atomic E-state index is 0.0762. The van der Waals surface area contributed by atoms with Crippen molar-refractivity contribution in [2.24, 2.45) is 5.73 Å². The fourth-order valence-corrected chi connectivity index (χ4v) is 2.27. The quantitative estimate of drug-likeness (QED) is 0.894. The van der Waals surface area contributed by atoms with Crippen molar-refractivity contribution in [2.75, 3.05) is 5.73 Å². The Morgan fingerprint density at radius 1 is 1.23 bits per heavy atom. The number of amides is 1. The van der Waals surface area contributed by atoms with Gasteiger partial charge < -0.3 is 11.5 Å². The zero-order valence-corrected chi connectivity index (χ0v) is 12.0. The number of benzene rings is 1. The smallest absolute Gasteiger partial charge is 0.398 e. The van der Waals surface area contributed by atoms with Crippen molar-refractivity contribution in [3.63, 3.8) is 0 Å². The number of nitrogen functional groups attached to an aromatic ring is 1. The monoisotopic (exact) mass is 309 g/mol. The van der Waals surface area contributed by atoms with Gasteiger partial charge in [-0.15, -0.1) is 0 Å². The molecule has 0 unspecified atom stereocenters. The molecule has 1 aromatic heterocycles. The van der Waals surface area contributed by atoms with Gasteiger partial charge in [0.25, 0.3) is 0 Å². The molecule has 0 aliphatic heterocycles. The Morgan fingerprint density at radius 3 is 2.41 bits per heavy atom. The highest BCUT2D eigenvalue weighted by molar-refractivity contribution is 6.02. The Bertz CT molecular complexity index is 754. The Morgan fingerprint density at radius 2 is 1.86 bits per heavy atom. The van der Waals surface area contributed by atoms with Crippen LogP contribution in [0.1, 0.15) is 27.2 Å². The molecule has 1 heterocycles. The summed E-state index contributed by atoms with van der Waals surface area (Å²) in [7, 11) is 0. The summed E-state index contributed by atoms with van der Waals surface area (Å²) in [6, 6.07) is 4.68. The van der Waals surface area contributed by atoms with Gasteiger partial charge in [0.05, 0.1) is 11.3 Å². The number of carbonyl (C=O) groups is 1. The zero-order valence-electron chi connectivity index (χ0n) is 12.0. The summed E-state index contributed by atoms with van der Waals surface area (Å²) in [5, 5.41) is 0. The van der Waals surface area contributed by atoms with E-state index in [-0.39, 0.29) is 16.7 Å². The van der Waals surface area contributed by atoms with Crippen LogP contribution in [0.15, 0.2) is 24.4 Å². The first-order chi connectivity index (χ1) is 10.1. The van der Waals surface area contributed by atoms with Gasteiger partial charge in [0.15, 0.2) is 0 Å². The number of nitrogens with two attached hydrogens (primary N) is 2. The number of primary amides is 1. The second-order valence-electron chi connectivity index (χ2n) is 4.96. The first kappa shape index (κ1) is 15.8. The molecule has 0 radical (unpaired) electrons. The number of hydrogen-bond acceptors (Lipinski definition) is 3. The normalized spacial score (nSPS) is 11.5. The molecule has 1 aromatic carbocycles. The van der Waals surface area contributed by atoms with E-state index < -0.39 is 23.3 Å². The van der Waals surface area contributed by atoms with Gasteiger partial charge in [-0.25, -0.2) is 0 Å². The molecule has 0 saturated carbocycles. The molecule has 7 heteroatoms. The summed E-state index contributed by atoms with van der Waals surface area (Å²) in [5.74, 6) is -0.744. The van der Waals surface area contributed by atoms with Crippen molar-refractivity contribution in [1.29, 1.82) is 0 Å². The van der Waals surface area contributed by atoms with Crippen molar-refractivity contribution in [3.05, 3.63) is 46.8 Å². The molecule has 4 nitrogen and oxygen atoms in total. The van der Waals surface area contributed by atoms with E-state index in [1.807, 2.05) is 0 Å². The van der Waals surface area contributed by atoms with Crippen LogP contribution >= 0.6 is 0 Å². The molecule has 0 spiro atoms. The number of aromatic nitrogens is 1. The maximum absolute atomic E-state index is 13.0. The van der Waals surface area contributed by atoms with Gasteiger partial charge >= 0.3 is 6.18 Å². The first-order valence-corrected chi connectivity index (χ1v) is 6.36. The lowest BCUT2D eigenvalue weighted by Gasteiger charge is -2.17. The van der Waals surface area contributed by atoms with Crippen LogP contribution in [-0.2, 0) is 6.18 Å². The highest BCUT2D eigenvalue weighted by Gasteiger charge is 2.35. The van der Waals surface area contributed by atoms with Crippen molar-refractivity contribution in [1.82, 2.24) is 4.98 Å². The minimum atomic E-state index is -4.63. The van der Waals surface area contributed by atoms with E-state index in [4.69, 9.17) is 11.5 Å². The van der Waals surface area contributed by atoms with Crippen molar-refractivity contribution in [3.8, 4) is 11.1 Å². The van der Waals surface area contributed by atoms with E-state index in [9.17, 15) is 18.0 Å². The summed E-state index contributed by atoms with van der Waals surface area (Å²) in [6.07, 6.45) is -3.94. The number of carbonyl (C=O) groups excluding carboxylic acids is 1. The SMILES string of the molecule is Cc1ccc(C(N)=O)c(-c2c(C)ncc(C(F)(F)F)c2N)c1. The third-order valence-electron chi connectivity index (χ3n) is 3.32. The van der Waals surface area contributed by atoms with E-state index >= 15 is 0 Å². The van der Waals surface area contributed by atoms with Crippen LogP contribution in [0.2, 0.25) is 0 Å². The second kappa shape index (κ2) is 5.32. The van der Waals surface area contributed by atoms with E-state index in [0.29, 0.717) is 11.9 Å². The van der Waals surface area contributed by atoms with Gasteiger partial charge in [-0.3, -0.25) is 9.78 Å². The van der Waals surface area contributed by atoms with Crippen molar-refractivity contribution in [2.45, 2.75) is 20.0 Å². The van der Waals surface area contributed by atoms with Crippen LogP contribution in [0, 0.1) is 13.8 Å². The summed E-state index contributed by atoms with van der Waals surface area (Å²) in [6.45, 7) is 3.28. The van der Waals surface area contributed by atoms with E-state index in [0.717, 1.165) is 5.56 Å². The average Bonchev–Trinajstić information content (AvgIpc) is 2.36. The van der Waals surface area contributed by atoms with Gasteiger partial charge in [-0.1, -0.05) is 17.7 Å². The predicted octanol–water partition coefficient (Wildman–Crippen LogP) is 3.07. The van der Waals surface area contributed by atoms with Crippen LogP contribution in [0.4, 0.5) is 18.9 Å². The van der Waals surface area contributed by atoms with Crippen molar-refractivity contribution >= 4 is 11.6 Å². The molecule has 4 N–H and O–H groups in total.